The second-order valence-corrected chi connectivity index (χ2v) is 7.62. The van der Waals surface area contributed by atoms with E-state index < -0.39 is 22.0 Å². The first-order valence-electron chi connectivity index (χ1n) is 7.31. The molecule has 0 spiro atoms. The molecule has 9 heteroatoms. The van der Waals surface area contributed by atoms with E-state index in [0.29, 0.717) is 31.8 Å². The lowest BCUT2D eigenvalue weighted by Gasteiger charge is -2.30. The Labute approximate surface area is 135 Å². The molecule has 1 fully saturated rings. The topological polar surface area (TPSA) is 123 Å². The molecule has 0 aliphatic carbocycles. The van der Waals surface area contributed by atoms with Gasteiger partial charge in [0.05, 0.1) is 6.26 Å². The molecule has 1 saturated heterocycles. The van der Waals surface area contributed by atoms with Crippen LogP contribution in [0.2, 0.25) is 0 Å². The number of sulfonamides is 1. The van der Waals surface area contributed by atoms with E-state index in [1.54, 1.807) is 18.3 Å². The van der Waals surface area contributed by atoms with Crippen molar-refractivity contribution in [2.75, 3.05) is 19.3 Å². The summed E-state index contributed by atoms with van der Waals surface area (Å²) in [5, 5.41) is 8.78. The first-order valence-corrected chi connectivity index (χ1v) is 9.15. The van der Waals surface area contributed by atoms with Crippen LogP contribution in [-0.4, -0.2) is 60.3 Å². The summed E-state index contributed by atoms with van der Waals surface area (Å²) in [4.78, 5) is 14.9. The second kappa shape index (κ2) is 7.24. The predicted molar refractivity (Wildman–Crippen MR) is 83.6 cm³/mol. The van der Waals surface area contributed by atoms with E-state index in [4.69, 9.17) is 15.6 Å². The van der Waals surface area contributed by atoms with Crippen LogP contribution in [0.4, 0.5) is 0 Å². The molecule has 0 unspecified atom stereocenters. The Hall–Kier alpha value is -1.71. The molecular formula is C14H21N3O5S. The highest BCUT2D eigenvalue weighted by atomic mass is 32.2. The van der Waals surface area contributed by atoms with Crippen molar-refractivity contribution in [2.45, 2.75) is 31.4 Å². The quantitative estimate of drug-likeness (QED) is 0.735. The summed E-state index contributed by atoms with van der Waals surface area (Å²) in [6, 6.07) is 2.45. The molecule has 0 bridgehead atoms. The van der Waals surface area contributed by atoms with Crippen molar-refractivity contribution >= 4 is 16.0 Å². The minimum absolute atomic E-state index is 0.0763. The molecular weight excluding hydrogens is 322 g/mol. The van der Waals surface area contributed by atoms with Gasteiger partial charge in [0.15, 0.2) is 0 Å². The number of aliphatic carboxylic acids is 1. The van der Waals surface area contributed by atoms with E-state index in [-0.39, 0.29) is 12.5 Å². The number of carboxylic acids is 1. The van der Waals surface area contributed by atoms with Crippen molar-refractivity contribution in [3.63, 3.8) is 0 Å². The lowest BCUT2D eigenvalue weighted by atomic mass is 10.1. The number of nitrogens with zero attached hydrogens (tertiary/aromatic N) is 2. The highest BCUT2D eigenvalue weighted by molar-refractivity contribution is 7.88. The molecule has 1 aliphatic rings. The normalized spacial score (nSPS) is 18.5. The molecule has 1 aromatic rings. The minimum atomic E-state index is -3.14. The molecule has 8 nitrogen and oxygen atoms in total. The smallest absolute Gasteiger partial charge is 0.320 e. The zero-order chi connectivity index (χ0) is 17.0. The number of carboxylic acid groups (broad SMARTS) is 1. The maximum absolute atomic E-state index is 11.4. The van der Waals surface area contributed by atoms with Crippen molar-refractivity contribution in [2.24, 2.45) is 5.73 Å². The van der Waals surface area contributed by atoms with Crippen molar-refractivity contribution in [3.8, 4) is 5.88 Å². The van der Waals surface area contributed by atoms with Crippen LogP contribution in [0.5, 0.6) is 5.88 Å². The van der Waals surface area contributed by atoms with Gasteiger partial charge in [-0.2, -0.15) is 0 Å². The highest BCUT2D eigenvalue weighted by Crippen LogP contribution is 2.19. The minimum Gasteiger partial charge on any atom is -0.480 e. The monoisotopic (exact) mass is 343 g/mol. The van der Waals surface area contributed by atoms with Gasteiger partial charge in [0.2, 0.25) is 15.9 Å². The van der Waals surface area contributed by atoms with Crippen molar-refractivity contribution in [1.82, 2.24) is 9.29 Å². The SMILES string of the molecule is CS(=O)(=O)N1CCC(Oc2ccc(C[C@H](N)C(=O)O)cn2)CC1. The fourth-order valence-electron chi connectivity index (χ4n) is 2.39. The Morgan fingerprint density at radius 1 is 1.48 bits per heavy atom. The molecule has 2 heterocycles. The zero-order valence-electron chi connectivity index (χ0n) is 12.9. The zero-order valence-corrected chi connectivity index (χ0v) is 13.7. The van der Waals surface area contributed by atoms with Gasteiger partial charge in [-0.05, 0) is 24.8 Å². The van der Waals surface area contributed by atoms with E-state index in [9.17, 15) is 13.2 Å². The molecule has 2 rings (SSSR count). The van der Waals surface area contributed by atoms with E-state index in [1.165, 1.54) is 10.6 Å². The van der Waals surface area contributed by atoms with Gasteiger partial charge in [-0.25, -0.2) is 17.7 Å². The Morgan fingerprint density at radius 2 is 2.13 bits per heavy atom. The Bertz CT molecular complexity index is 639. The molecule has 1 aromatic heterocycles. The Balaban J connectivity index is 1.86. The lowest BCUT2D eigenvalue weighted by Crippen LogP contribution is -2.41. The number of hydrogen-bond donors (Lipinski definition) is 2. The van der Waals surface area contributed by atoms with Gasteiger partial charge in [0.1, 0.15) is 12.1 Å². The van der Waals surface area contributed by atoms with Gasteiger partial charge in [0, 0.05) is 25.4 Å². The second-order valence-electron chi connectivity index (χ2n) is 5.63. The molecule has 128 valence electrons. The van der Waals surface area contributed by atoms with Gasteiger partial charge in [0.25, 0.3) is 0 Å². The number of nitrogens with two attached hydrogens (primary N) is 1. The van der Waals surface area contributed by atoms with Gasteiger partial charge < -0.3 is 15.6 Å². The lowest BCUT2D eigenvalue weighted by molar-refractivity contribution is -0.138. The number of aromatic nitrogens is 1. The van der Waals surface area contributed by atoms with E-state index in [2.05, 4.69) is 4.98 Å². The number of ether oxygens (including phenoxy) is 1. The van der Waals surface area contributed by atoms with Gasteiger partial charge >= 0.3 is 5.97 Å². The number of hydrogen-bond acceptors (Lipinski definition) is 6. The van der Waals surface area contributed by atoms with Crippen molar-refractivity contribution < 1.29 is 23.1 Å². The van der Waals surface area contributed by atoms with Crippen LogP contribution in [0.3, 0.4) is 0 Å². The molecule has 0 aromatic carbocycles. The van der Waals surface area contributed by atoms with E-state index in [0.717, 1.165) is 5.56 Å². The molecule has 1 atom stereocenters. The fourth-order valence-corrected chi connectivity index (χ4v) is 3.27. The number of pyridine rings is 1. The molecule has 3 N–H and O–H groups in total. The summed E-state index contributed by atoms with van der Waals surface area (Å²) in [6.45, 7) is 0.879. The van der Waals surface area contributed by atoms with E-state index in [1.807, 2.05) is 0 Å². The molecule has 0 saturated carbocycles. The maximum atomic E-state index is 11.4. The van der Waals surface area contributed by atoms with Crippen LogP contribution in [0, 0.1) is 0 Å². The van der Waals surface area contributed by atoms with Crippen LogP contribution >= 0.6 is 0 Å². The maximum Gasteiger partial charge on any atom is 0.320 e. The van der Waals surface area contributed by atoms with Crippen molar-refractivity contribution in [1.29, 1.82) is 0 Å². The average Bonchev–Trinajstić information content (AvgIpc) is 2.49. The molecule has 1 aliphatic heterocycles. The number of piperidine rings is 1. The highest BCUT2D eigenvalue weighted by Gasteiger charge is 2.26. The van der Waals surface area contributed by atoms with Crippen LogP contribution in [-0.2, 0) is 21.2 Å². The molecule has 0 radical (unpaired) electrons. The summed E-state index contributed by atoms with van der Waals surface area (Å²) in [7, 11) is -3.14. The first-order chi connectivity index (χ1) is 10.8. The van der Waals surface area contributed by atoms with Crippen LogP contribution in [0.15, 0.2) is 18.3 Å². The number of rotatable bonds is 6. The third kappa shape index (κ3) is 5.15. The molecule has 23 heavy (non-hydrogen) atoms. The van der Waals surface area contributed by atoms with Crippen LogP contribution < -0.4 is 10.5 Å². The first kappa shape index (κ1) is 17.6. The van der Waals surface area contributed by atoms with Gasteiger partial charge in [-0.3, -0.25) is 4.79 Å². The summed E-state index contributed by atoms with van der Waals surface area (Å²) >= 11 is 0. The van der Waals surface area contributed by atoms with Crippen LogP contribution in [0.25, 0.3) is 0 Å². The van der Waals surface area contributed by atoms with Gasteiger partial charge in [-0.15, -0.1) is 0 Å². The van der Waals surface area contributed by atoms with E-state index >= 15 is 0 Å². The van der Waals surface area contributed by atoms with Crippen molar-refractivity contribution in [3.05, 3.63) is 23.9 Å². The average molecular weight is 343 g/mol. The summed E-state index contributed by atoms with van der Waals surface area (Å²) < 4.78 is 30.1. The van der Waals surface area contributed by atoms with Gasteiger partial charge in [-0.1, -0.05) is 6.07 Å². The standard InChI is InChI=1S/C14H21N3O5S/c1-23(20,21)17-6-4-11(5-7-17)22-13-3-2-10(9-16-13)8-12(15)14(18)19/h2-3,9,11-12H,4-8,15H2,1H3,(H,18,19)/t12-/m0/s1. The molecule has 0 amide bonds. The largest absolute Gasteiger partial charge is 0.480 e. The Morgan fingerprint density at radius 3 is 2.61 bits per heavy atom. The third-order valence-corrected chi connectivity index (χ3v) is 5.03. The summed E-state index contributed by atoms with van der Waals surface area (Å²) in [5.74, 6) is -0.613. The summed E-state index contributed by atoms with van der Waals surface area (Å²) in [6.07, 6.45) is 4.10. The Kier molecular flexibility index (Phi) is 5.55. The third-order valence-electron chi connectivity index (χ3n) is 3.73. The van der Waals surface area contributed by atoms with Crippen LogP contribution in [0.1, 0.15) is 18.4 Å². The predicted octanol–water partition coefficient (Wildman–Crippen LogP) is -0.161. The number of carbonyl (C=O) groups is 1. The fraction of sp³-hybridized carbons (Fsp3) is 0.571. The summed E-state index contributed by atoms with van der Waals surface area (Å²) in [5.41, 5.74) is 6.19.